The van der Waals surface area contributed by atoms with Gasteiger partial charge in [-0.2, -0.15) is 0 Å². The first-order valence-corrected chi connectivity index (χ1v) is 18.5. The number of piperidine rings is 1. The molecule has 3 N–H and O–H groups in total. The van der Waals surface area contributed by atoms with Gasteiger partial charge in [0.15, 0.2) is 0 Å². The van der Waals surface area contributed by atoms with E-state index in [0.29, 0.717) is 62.6 Å². The number of amides is 6. The summed E-state index contributed by atoms with van der Waals surface area (Å²) in [7, 11) is 0. The summed E-state index contributed by atoms with van der Waals surface area (Å²) in [6.07, 6.45) is 3.44. The van der Waals surface area contributed by atoms with E-state index in [9.17, 15) is 38.0 Å². The molecule has 0 radical (unpaired) electrons. The Bertz CT molecular complexity index is 1550. The van der Waals surface area contributed by atoms with Crippen molar-refractivity contribution >= 4 is 41.4 Å². The normalized spacial score (nSPS) is 28.0. The van der Waals surface area contributed by atoms with Crippen LogP contribution >= 0.6 is 0 Å². The summed E-state index contributed by atoms with van der Waals surface area (Å²) in [5, 5.41) is 8.15. The predicted octanol–water partition coefficient (Wildman–Crippen LogP) is 1.12. The van der Waals surface area contributed by atoms with Crippen LogP contribution in [0, 0.1) is 18.7 Å². The number of rotatable bonds is 7. The Hall–Kier alpha value is -4.56. The number of esters is 1. The van der Waals surface area contributed by atoms with Crippen molar-refractivity contribution in [3.8, 4) is 0 Å². The number of halogens is 1. The van der Waals surface area contributed by atoms with Gasteiger partial charge in [0, 0.05) is 32.5 Å². The van der Waals surface area contributed by atoms with E-state index in [1.165, 1.54) is 26.8 Å². The Morgan fingerprint density at radius 1 is 0.923 bits per heavy atom. The van der Waals surface area contributed by atoms with Crippen LogP contribution in [0.15, 0.2) is 18.2 Å². The summed E-state index contributed by atoms with van der Waals surface area (Å²) in [5.41, 5.74) is 1.07. The molecule has 14 nitrogen and oxygen atoms in total. The summed E-state index contributed by atoms with van der Waals surface area (Å²) in [5.74, 6) is -4.52. The van der Waals surface area contributed by atoms with Crippen LogP contribution in [0.5, 0.6) is 0 Å². The highest BCUT2D eigenvalue weighted by atomic mass is 19.1. The topological polar surface area (TPSA) is 175 Å². The van der Waals surface area contributed by atoms with Gasteiger partial charge in [-0.25, -0.2) is 9.18 Å². The zero-order valence-corrected chi connectivity index (χ0v) is 30.5. The molecule has 0 unspecified atom stereocenters. The van der Waals surface area contributed by atoms with Gasteiger partial charge in [0.1, 0.15) is 48.7 Å². The second-order valence-corrected chi connectivity index (χ2v) is 14.7. The Morgan fingerprint density at radius 2 is 1.63 bits per heavy atom. The van der Waals surface area contributed by atoms with Crippen LogP contribution in [0.2, 0.25) is 0 Å². The fourth-order valence-electron chi connectivity index (χ4n) is 7.86. The minimum absolute atomic E-state index is 0.0561. The smallest absolute Gasteiger partial charge is 0.328 e. The van der Waals surface area contributed by atoms with Crippen LogP contribution in [-0.4, -0.2) is 119 Å². The first-order valence-electron chi connectivity index (χ1n) is 18.5. The Morgan fingerprint density at radius 3 is 2.37 bits per heavy atom. The fraction of sp³-hybridized carbons (Fsp3) is 0.649. The van der Waals surface area contributed by atoms with E-state index in [1.807, 2.05) is 13.8 Å². The van der Waals surface area contributed by atoms with Gasteiger partial charge in [-0.3, -0.25) is 28.8 Å². The largest absolute Gasteiger partial charge is 0.461 e. The van der Waals surface area contributed by atoms with Crippen LogP contribution in [0.4, 0.5) is 4.39 Å². The van der Waals surface area contributed by atoms with Gasteiger partial charge < -0.3 is 35.4 Å². The molecule has 6 amide bonds. The van der Waals surface area contributed by atoms with Crippen molar-refractivity contribution in [2.75, 3.05) is 26.2 Å². The molecule has 0 bridgehead atoms. The van der Waals surface area contributed by atoms with Gasteiger partial charge >= 0.3 is 5.97 Å². The monoisotopic (exact) mass is 726 g/mol. The van der Waals surface area contributed by atoms with Gasteiger partial charge in [-0.1, -0.05) is 19.9 Å². The lowest BCUT2D eigenvalue weighted by Crippen LogP contribution is -2.62. The van der Waals surface area contributed by atoms with Crippen molar-refractivity contribution in [2.24, 2.45) is 5.92 Å². The summed E-state index contributed by atoms with van der Waals surface area (Å²) in [6, 6.07) is -2.09. The second-order valence-electron chi connectivity index (χ2n) is 14.7. The minimum atomic E-state index is -1.46. The molecule has 4 aliphatic heterocycles. The van der Waals surface area contributed by atoms with Crippen LogP contribution in [0.3, 0.4) is 0 Å². The van der Waals surface area contributed by atoms with Crippen molar-refractivity contribution in [3.05, 3.63) is 35.1 Å². The van der Waals surface area contributed by atoms with E-state index in [-0.39, 0.29) is 31.8 Å². The molecule has 284 valence electrons. The number of aryl methyl sites for hydroxylation is 1. The van der Waals surface area contributed by atoms with Gasteiger partial charge in [-0.05, 0) is 88.0 Å². The molecule has 4 heterocycles. The van der Waals surface area contributed by atoms with Gasteiger partial charge in [0.05, 0.1) is 0 Å². The number of hydrogen-bond acceptors (Lipinski definition) is 8. The van der Waals surface area contributed by atoms with Gasteiger partial charge in [-0.15, -0.1) is 0 Å². The maximum atomic E-state index is 14.4. The molecule has 1 aromatic rings. The predicted molar refractivity (Wildman–Crippen MR) is 186 cm³/mol. The summed E-state index contributed by atoms with van der Waals surface area (Å²) >= 11 is 0. The molecular formula is C37H51FN6O8. The average molecular weight is 727 g/mol. The summed E-state index contributed by atoms with van der Waals surface area (Å²) in [6.45, 7) is 7.10. The maximum Gasteiger partial charge on any atom is 0.328 e. The first kappa shape index (κ1) is 38.7. The Labute approximate surface area is 303 Å². The highest BCUT2D eigenvalue weighted by Crippen LogP contribution is 2.28. The Balaban J connectivity index is 1.48. The number of hydrogen-bond donors (Lipinski definition) is 3. The number of carbonyl (C=O) groups is 7. The molecule has 5 rings (SSSR count). The van der Waals surface area contributed by atoms with Crippen LogP contribution in [0.25, 0.3) is 0 Å². The molecule has 7 atom stereocenters. The van der Waals surface area contributed by atoms with E-state index in [2.05, 4.69) is 16.0 Å². The highest BCUT2D eigenvalue weighted by molar-refractivity contribution is 5.97. The molecule has 4 saturated heterocycles. The number of nitrogens with one attached hydrogen (secondary N) is 3. The lowest BCUT2D eigenvalue weighted by Gasteiger charge is -2.39. The number of nitrogens with zero attached hydrogens (tertiary/aromatic N) is 3. The standard InChI is InChI=1S/C37H51FN6O8/c1-5-9-31(45)40-26(18-24-14-21(2)15-25(38)17-24)32(46)41-27-20-52-37(51)30-16-22(3)19-44(30)34(48)23(4)39-33(47)28-10-6-7-12-42(28)36(50)29-11-8-13-43(29)35(27)49/h14-15,17,22-23,26-30H,5-13,16,18-20H2,1-4H3,(H,39,47)(H,40,45)(H,41,46)/t22-,23+,26+,27+,28+,29+,30+/m1/s1. The van der Waals surface area contributed by atoms with Crippen molar-refractivity contribution in [3.63, 3.8) is 0 Å². The second kappa shape index (κ2) is 16.8. The van der Waals surface area contributed by atoms with E-state index in [4.69, 9.17) is 4.74 Å². The van der Waals surface area contributed by atoms with Crippen molar-refractivity contribution in [1.29, 1.82) is 0 Å². The van der Waals surface area contributed by atoms with E-state index < -0.39 is 90.1 Å². The molecular weight excluding hydrogens is 675 g/mol. The molecule has 0 spiro atoms. The third kappa shape index (κ3) is 8.90. The first-order chi connectivity index (χ1) is 24.8. The van der Waals surface area contributed by atoms with Crippen molar-refractivity contribution in [2.45, 2.75) is 122 Å². The third-order valence-electron chi connectivity index (χ3n) is 10.4. The molecule has 52 heavy (non-hydrogen) atoms. The van der Waals surface area contributed by atoms with Crippen molar-refractivity contribution in [1.82, 2.24) is 30.7 Å². The molecule has 4 fully saturated rings. The van der Waals surface area contributed by atoms with Gasteiger partial charge in [0.2, 0.25) is 35.4 Å². The number of fused-ring (bicyclic) bond motifs is 3. The van der Waals surface area contributed by atoms with Crippen LogP contribution in [-0.2, 0) is 44.7 Å². The van der Waals surface area contributed by atoms with E-state index in [1.54, 1.807) is 19.9 Å². The molecule has 0 saturated carbocycles. The zero-order valence-electron chi connectivity index (χ0n) is 30.5. The number of ether oxygens (including phenoxy) is 1. The third-order valence-corrected chi connectivity index (χ3v) is 10.4. The molecule has 0 aliphatic carbocycles. The minimum Gasteiger partial charge on any atom is -0.461 e. The van der Waals surface area contributed by atoms with Crippen molar-refractivity contribution < 1.29 is 42.7 Å². The van der Waals surface area contributed by atoms with Crippen LogP contribution < -0.4 is 16.0 Å². The SMILES string of the molecule is CCCC(=O)N[C@@H](Cc1cc(C)cc(F)c1)C(=O)N[C@H]1COC(=O)[C@@H]2C[C@@H](C)CN2C(=O)[C@H](C)NC(=O)[C@@H]2CCCCN2C(=O)[C@@H]2CCCN2C1=O. The number of benzene rings is 1. The van der Waals surface area contributed by atoms with Crippen LogP contribution in [0.1, 0.15) is 83.3 Å². The summed E-state index contributed by atoms with van der Waals surface area (Å²) < 4.78 is 20.0. The molecule has 1 aromatic carbocycles. The van der Waals surface area contributed by atoms with Gasteiger partial charge in [0.25, 0.3) is 0 Å². The number of cyclic esters (lactones) is 1. The van der Waals surface area contributed by atoms with E-state index >= 15 is 0 Å². The lowest BCUT2D eigenvalue weighted by molar-refractivity contribution is -0.158. The molecule has 0 aromatic heterocycles. The maximum absolute atomic E-state index is 14.4. The molecule has 4 aliphatic rings. The highest BCUT2D eigenvalue weighted by Gasteiger charge is 2.46. The average Bonchev–Trinajstić information content (AvgIpc) is 3.75. The quantitative estimate of drug-likeness (QED) is 0.351. The zero-order chi connectivity index (χ0) is 37.7. The summed E-state index contributed by atoms with van der Waals surface area (Å²) in [4.78, 5) is 100. The molecule has 15 heteroatoms. The lowest BCUT2D eigenvalue weighted by atomic mass is 9.99. The Kier molecular flexibility index (Phi) is 12.5. The number of carbonyl (C=O) groups excluding carboxylic acids is 7. The van der Waals surface area contributed by atoms with E-state index in [0.717, 1.165) is 0 Å². The fourth-order valence-corrected chi connectivity index (χ4v) is 7.86.